The number of fused-ring (bicyclic) bond motifs is 1. The van der Waals surface area contributed by atoms with E-state index < -0.39 is 29.6 Å². The summed E-state index contributed by atoms with van der Waals surface area (Å²) in [5.41, 5.74) is -0.414. The van der Waals surface area contributed by atoms with E-state index in [1.807, 2.05) is 42.7 Å². The molecule has 5 aliphatic rings. The number of likely N-dealkylation sites (tertiary alicyclic amines) is 2. The smallest absolute Gasteiger partial charge is 0.246 e. The zero-order valence-electron chi connectivity index (χ0n) is 23.6. The first-order valence-corrected chi connectivity index (χ1v) is 16.3. The van der Waals surface area contributed by atoms with Crippen LogP contribution >= 0.6 is 11.8 Å². The molecule has 1 spiro atoms. The maximum absolute atomic E-state index is 14.2. The number of piperidine rings is 1. The van der Waals surface area contributed by atoms with Crippen LogP contribution in [0.5, 0.6) is 0 Å². The van der Waals surface area contributed by atoms with Crippen molar-refractivity contribution in [2.45, 2.75) is 93.0 Å². The van der Waals surface area contributed by atoms with Gasteiger partial charge in [0.15, 0.2) is 0 Å². The molecule has 1 aromatic carbocycles. The normalized spacial score (nSPS) is 33.8. The molecule has 40 heavy (non-hydrogen) atoms. The molecular formula is C31H42N4O4S. The summed E-state index contributed by atoms with van der Waals surface area (Å²) in [4.78, 5) is 47.2. The van der Waals surface area contributed by atoms with Gasteiger partial charge in [-0.25, -0.2) is 0 Å². The van der Waals surface area contributed by atoms with Crippen molar-refractivity contribution in [3.05, 3.63) is 36.4 Å². The van der Waals surface area contributed by atoms with Gasteiger partial charge in [-0.1, -0.05) is 43.9 Å². The summed E-state index contributed by atoms with van der Waals surface area (Å²) in [6, 6.07) is 7.52. The predicted octanol–water partition coefficient (Wildman–Crippen LogP) is 3.82. The molecule has 8 nitrogen and oxygen atoms in total. The van der Waals surface area contributed by atoms with Gasteiger partial charge in [-0.15, -0.1) is 11.8 Å². The summed E-state index contributed by atoms with van der Waals surface area (Å²) in [6.45, 7) is 4.42. The molecule has 0 radical (unpaired) electrons. The van der Waals surface area contributed by atoms with Crippen LogP contribution in [0.2, 0.25) is 0 Å². The maximum Gasteiger partial charge on any atom is 0.246 e. The summed E-state index contributed by atoms with van der Waals surface area (Å²) >= 11 is 1.61. The van der Waals surface area contributed by atoms with Crippen LogP contribution in [0.15, 0.2) is 41.3 Å². The summed E-state index contributed by atoms with van der Waals surface area (Å²) in [5.74, 6) is -1.91. The average Bonchev–Trinajstić information content (AvgIpc) is 3.60. The highest BCUT2D eigenvalue weighted by Crippen LogP contribution is 2.55. The zero-order chi connectivity index (χ0) is 27.9. The fraction of sp³-hybridized carbons (Fsp3) is 0.645. The molecule has 6 atom stereocenters. The minimum atomic E-state index is -1.11. The number of carbonyl (C=O) groups excluding carboxylic acids is 3. The van der Waals surface area contributed by atoms with Gasteiger partial charge in [-0.2, -0.15) is 0 Å². The first-order valence-electron chi connectivity index (χ1n) is 15.1. The van der Waals surface area contributed by atoms with Crippen molar-refractivity contribution in [3.63, 3.8) is 0 Å². The Bertz CT molecular complexity index is 1170. The van der Waals surface area contributed by atoms with Gasteiger partial charge in [0.1, 0.15) is 11.6 Å². The fourth-order valence-electron chi connectivity index (χ4n) is 7.69. The molecule has 0 aromatic heterocycles. The molecule has 2 N–H and O–H groups in total. The second-order valence-electron chi connectivity index (χ2n) is 12.2. The van der Waals surface area contributed by atoms with Gasteiger partial charge in [0.05, 0.1) is 17.9 Å². The van der Waals surface area contributed by atoms with Crippen LogP contribution in [-0.2, 0) is 19.1 Å². The summed E-state index contributed by atoms with van der Waals surface area (Å²) in [6.07, 6.45) is 14.2. The summed E-state index contributed by atoms with van der Waals surface area (Å²) in [7, 11) is 0. The number of ether oxygens (including phenoxy) is 1. The van der Waals surface area contributed by atoms with E-state index in [0.717, 1.165) is 50.0 Å². The summed E-state index contributed by atoms with van der Waals surface area (Å²) < 4.78 is 6.52. The quantitative estimate of drug-likeness (QED) is 0.367. The second kappa shape index (κ2) is 11.5. The molecule has 1 aromatic rings. The van der Waals surface area contributed by atoms with Crippen LogP contribution in [0.25, 0.3) is 0 Å². The third-order valence-corrected chi connectivity index (χ3v) is 10.5. The standard InChI is InChI=1S/C31H42N4O4S/c1-20-9-6-7-16-34(20)17-18-35-27(29(37)32-21-10-4-3-5-11-21)31-15-14-24(39-31)25(26(31)30(35)38)28(36)33-22-12-8-13-23(19-22)40-2/h8,12-15,19-21,24-27H,3-7,9-11,16-18H2,1-2H3,(H,32,37)(H,33,36)/t20-,24+,25-,26+,27+,31+/m1/s1. The van der Waals surface area contributed by atoms with E-state index >= 15 is 0 Å². The fourth-order valence-corrected chi connectivity index (χ4v) is 8.15. The van der Waals surface area contributed by atoms with E-state index in [1.165, 1.54) is 12.8 Å². The molecule has 3 saturated heterocycles. The minimum Gasteiger partial charge on any atom is -0.359 e. The third-order valence-electron chi connectivity index (χ3n) is 9.78. The molecule has 2 bridgehead atoms. The van der Waals surface area contributed by atoms with E-state index in [1.54, 1.807) is 16.7 Å². The van der Waals surface area contributed by atoms with Gasteiger partial charge in [-0.05, 0) is 63.6 Å². The number of carbonyl (C=O) groups is 3. The van der Waals surface area contributed by atoms with E-state index in [0.29, 0.717) is 24.8 Å². The van der Waals surface area contributed by atoms with Crippen LogP contribution in [0, 0.1) is 11.8 Å². The van der Waals surface area contributed by atoms with Crippen molar-refractivity contribution in [2.24, 2.45) is 11.8 Å². The number of amides is 3. The largest absolute Gasteiger partial charge is 0.359 e. The first kappa shape index (κ1) is 27.8. The molecule has 216 valence electrons. The van der Waals surface area contributed by atoms with Gasteiger partial charge in [-0.3, -0.25) is 19.3 Å². The Morgan fingerprint density at radius 2 is 1.88 bits per heavy atom. The van der Waals surface area contributed by atoms with Crippen molar-refractivity contribution >= 4 is 35.2 Å². The van der Waals surface area contributed by atoms with Crippen molar-refractivity contribution in [3.8, 4) is 0 Å². The number of rotatable bonds is 8. The summed E-state index contributed by atoms with van der Waals surface area (Å²) in [5, 5.41) is 6.32. The molecule has 1 aliphatic carbocycles. The van der Waals surface area contributed by atoms with Gasteiger partial charge in [0, 0.05) is 35.8 Å². The third kappa shape index (κ3) is 4.98. The van der Waals surface area contributed by atoms with Crippen LogP contribution < -0.4 is 10.6 Å². The SMILES string of the molecule is CSc1cccc(NC(=O)[C@@H]2[C@@H]3C=C[C@]4(O3)[C@@H]2C(=O)N(CCN2CCCC[C@H]2C)[C@H]4C(=O)NC2CCCCC2)c1. The molecule has 3 amide bonds. The zero-order valence-corrected chi connectivity index (χ0v) is 24.5. The lowest BCUT2D eigenvalue weighted by molar-refractivity contribution is -0.141. The van der Waals surface area contributed by atoms with Gasteiger partial charge < -0.3 is 20.3 Å². The molecule has 1 saturated carbocycles. The lowest BCUT2D eigenvalue weighted by Crippen LogP contribution is -2.57. The molecule has 4 heterocycles. The second-order valence-corrected chi connectivity index (χ2v) is 13.1. The molecule has 0 unspecified atom stereocenters. The average molecular weight is 567 g/mol. The predicted molar refractivity (Wildman–Crippen MR) is 156 cm³/mol. The number of hydrogen-bond donors (Lipinski definition) is 2. The lowest BCUT2D eigenvalue weighted by Gasteiger charge is -2.37. The van der Waals surface area contributed by atoms with Crippen molar-refractivity contribution in [1.29, 1.82) is 0 Å². The maximum atomic E-state index is 14.2. The highest BCUT2D eigenvalue weighted by Gasteiger charge is 2.72. The Labute approximate surface area is 241 Å². The number of thioether (sulfide) groups is 1. The van der Waals surface area contributed by atoms with Crippen molar-refractivity contribution < 1.29 is 19.1 Å². The molecule has 4 aliphatic heterocycles. The van der Waals surface area contributed by atoms with Crippen LogP contribution in [0.4, 0.5) is 5.69 Å². The highest BCUT2D eigenvalue weighted by molar-refractivity contribution is 7.98. The Morgan fingerprint density at radius 3 is 2.65 bits per heavy atom. The van der Waals surface area contributed by atoms with Crippen LogP contribution in [-0.4, -0.2) is 83.2 Å². The number of nitrogens with one attached hydrogen (secondary N) is 2. The Hall–Kier alpha value is -2.36. The molecule has 9 heteroatoms. The number of anilines is 1. The van der Waals surface area contributed by atoms with Crippen LogP contribution in [0.1, 0.15) is 58.3 Å². The van der Waals surface area contributed by atoms with E-state index in [9.17, 15) is 14.4 Å². The Kier molecular flexibility index (Phi) is 7.98. The number of nitrogens with zero attached hydrogens (tertiary/aromatic N) is 2. The molecule has 6 rings (SSSR count). The highest BCUT2D eigenvalue weighted by atomic mass is 32.2. The van der Waals surface area contributed by atoms with Gasteiger partial charge >= 0.3 is 0 Å². The van der Waals surface area contributed by atoms with E-state index in [-0.39, 0.29) is 23.8 Å². The topological polar surface area (TPSA) is 91.0 Å². The number of hydrogen-bond acceptors (Lipinski definition) is 6. The first-order chi connectivity index (χ1) is 19.4. The molecule has 4 fully saturated rings. The van der Waals surface area contributed by atoms with Crippen molar-refractivity contribution in [1.82, 2.24) is 15.1 Å². The van der Waals surface area contributed by atoms with E-state index in [4.69, 9.17) is 4.74 Å². The monoisotopic (exact) mass is 566 g/mol. The van der Waals surface area contributed by atoms with Crippen molar-refractivity contribution in [2.75, 3.05) is 31.2 Å². The van der Waals surface area contributed by atoms with Gasteiger partial charge in [0.25, 0.3) is 0 Å². The van der Waals surface area contributed by atoms with Crippen LogP contribution in [0.3, 0.4) is 0 Å². The minimum absolute atomic E-state index is 0.126. The Balaban J connectivity index is 1.27. The van der Waals surface area contributed by atoms with Gasteiger partial charge in [0.2, 0.25) is 17.7 Å². The Morgan fingerprint density at radius 1 is 1.07 bits per heavy atom. The number of benzene rings is 1. The molecular weight excluding hydrogens is 524 g/mol. The van der Waals surface area contributed by atoms with E-state index in [2.05, 4.69) is 22.5 Å². The lowest BCUT2D eigenvalue weighted by atomic mass is 9.74.